The number of fused-ring (bicyclic) bond motifs is 5. The summed E-state index contributed by atoms with van der Waals surface area (Å²) in [5.41, 5.74) is 1.35. The first kappa shape index (κ1) is 13.1. The summed E-state index contributed by atoms with van der Waals surface area (Å²) in [5.74, 6) is 2.96. The van der Waals surface area contributed by atoms with Crippen molar-refractivity contribution in [3.05, 3.63) is 42.5 Å². The van der Waals surface area contributed by atoms with Crippen LogP contribution in [0.2, 0.25) is 0 Å². The molecular formula is C19H22O2. The molecule has 2 bridgehead atoms. The van der Waals surface area contributed by atoms with E-state index in [1.54, 1.807) is 0 Å². The summed E-state index contributed by atoms with van der Waals surface area (Å²) >= 11 is 0. The summed E-state index contributed by atoms with van der Waals surface area (Å²) in [6.07, 6.45) is 6.63. The highest BCUT2D eigenvalue weighted by Gasteiger charge is 2.55. The van der Waals surface area contributed by atoms with Crippen LogP contribution in [0.25, 0.3) is 5.57 Å². The van der Waals surface area contributed by atoms with Crippen molar-refractivity contribution in [1.82, 2.24) is 0 Å². The fourth-order valence-electron chi connectivity index (χ4n) is 5.11. The van der Waals surface area contributed by atoms with Crippen molar-refractivity contribution < 1.29 is 9.53 Å². The van der Waals surface area contributed by atoms with Crippen molar-refractivity contribution in [3.8, 4) is 0 Å². The van der Waals surface area contributed by atoms with Gasteiger partial charge in [-0.3, -0.25) is 0 Å². The lowest BCUT2D eigenvalue weighted by Gasteiger charge is -2.31. The molecule has 2 heteroatoms. The maximum absolute atomic E-state index is 12.3. The van der Waals surface area contributed by atoms with Crippen LogP contribution in [0.3, 0.4) is 0 Å². The first-order chi connectivity index (χ1) is 10.2. The van der Waals surface area contributed by atoms with E-state index < -0.39 is 0 Å². The van der Waals surface area contributed by atoms with Gasteiger partial charge in [0.05, 0.1) is 5.57 Å². The van der Waals surface area contributed by atoms with Gasteiger partial charge in [-0.05, 0) is 54.9 Å². The third kappa shape index (κ3) is 2.12. The molecule has 0 N–H and O–H groups in total. The second kappa shape index (κ2) is 5.01. The van der Waals surface area contributed by atoms with Gasteiger partial charge in [-0.1, -0.05) is 43.3 Å². The Labute approximate surface area is 126 Å². The fourth-order valence-corrected chi connectivity index (χ4v) is 5.11. The van der Waals surface area contributed by atoms with Crippen molar-refractivity contribution in [2.24, 2.45) is 23.7 Å². The number of carbonyl (C=O) groups excluding carboxylic acids is 1. The Morgan fingerprint density at radius 3 is 2.62 bits per heavy atom. The molecule has 21 heavy (non-hydrogen) atoms. The molecule has 3 fully saturated rings. The number of carbonyl (C=O) groups is 1. The minimum absolute atomic E-state index is 0.141. The maximum atomic E-state index is 12.3. The Morgan fingerprint density at radius 2 is 1.81 bits per heavy atom. The maximum Gasteiger partial charge on any atom is 0.338 e. The smallest absolute Gasteiger partial charge is 0.338 e. The summed E-state index contributed by atoms with van der Waals surface area (Å²) in [6, 6.07) is 9.62. The van der Waals surface area contributed by atoms with Crippen molar-refractivity contribution in [2.45, 2.75) is 38.2 Å². The lowest BCUT2D eigenvalue weighted by atomic mass is 9.80. The lowest BCUT2D eigenvalue weighted by molar-refractivity contribution is -0.145. The number of esters is 1. The highest BCUT2D eigenvalue weighted by Crippen LogP contribution is 2.59. The van der Waals surface area contributed by atoms with Crippen LogP contribution in [0.1, 0.15) is 37.7 Å². The zero-order valence-electron chi connectivity index (χ0n) is 12.3. The molecule has 2 nitrogen and oxygen atoms in total. The number of hydrogen-bond acceptors (Lipinski definition) is 2. The average Bonchev–Trinajstić information content (AvgIpc) is 3.19. The van der Waals surface area contributed by atoms with Gasteiger partial charge in [0, 0.05) is 0 Å². The molecule has 0 aromatic heterocycles. The Bertz CT molecular complexity index is 562. The molecule has 3 aliphatic carbocycles. The predicted molar refractivity (Wildman–Crippen MR) is 82.4 cm³/mol. The van der Waals surface area contributed by atoms with Crippen molar-refractivity contribution in [2.75, 3.05) is 0 Å². The number of benzene rings is 1. The van der Waals surface area contributed by atoms with E-state index in [-0.39, 0.29) is 12.1 Å². The lowest BCUT2D eigenvalue weighted by Crippen LogP contribution is -2.32. The van der Waals surface area contributed by atoms with Gasteiger partial charge in [0.25, 0.3) is 0 Å². The molecule has 4 rings (SSSR count). The van der Waals surface area contributed by atoms with E-state index in [4.69, 9.17) is 4.74 Å². The third-order valence-corrected chi connectivity index (χ3v) is 5.99. The molecule has 0 saturated heterocycles. The molecule has 3 saturated carbocycles. The first-order valence-corrected chi connectivity index (χ1v) is 8.19. The minimum Gasteiger partial charge on any atom is -0.458 e. The third-order valence-electron chi connectivity index (χ3n) is 5.99. The molecular weight excluding hydrogens is 260 g/mol. The van der Waals surface area contributed by atoms with Gasteiger partial charge in [0.1, 0.15) is 6.10 Å². The molecule has 0 aliphatic heterocycles. The summed E-state index contributed by atoms with van der Waals surface area (Å²) in [7, 11) is 0. The summed E-state index contributed by atoms with van der Waals surface area (Å²) in [4.78, 5) is 12.3. The van der Waals surface area contributed by atoms with Crippen LogP contribution in [0.5, 0.6) is 0 Å². The summed E-state index contributed by atoms with van der Waals surface area (Å²) in [5, 5.41) is 0. The molecule has 0 amide bonds. The molecule has 1 aromatic carbocycles. The Hall–Kier alpha value is -1.57. The van der Waals surface area contributed by atoms with E-state index in [2.05, 4.69) is 6.58 Å². The zero-order chi connectivity index (χ0) is 14.4. The van der Waals surface area contributed by atoms with Gasteiger partial charge in [-0.2, -0.15) is 0 Å². The molecule has 110 valence electrons. The topological polar surface area (TPSA) is 26.3 Å². The largest absolute Gasteiger partial charge is 0.458 e. The van der Waals surface area contributed by atoms with E-state index in [1.165, 1.54) is 25.7 Å². The SMILES string of the molecule is C=C(C(=O)OC1CC2CC1C1CCCC21)c1ccccc1. The van der Waals surface area contributed by atoms with Crippen LogP contribution < -0.4 is 0 Å². The Kier molecular flexibility index (Phi) is 3.13. The van der Waals surface area contributed by atoms with E-state index >= 15 is 0 Å². The molecule has 0 spiro atoms. The van der Waals surface area contributed by atoms with E-state index in [9.17, 15) is 4.79 Å². The first-order valence-electron chi connectivity index (χ1n) is 8.19. The second-order valence-corrected chi connectivity index (χ2v) is 6.94. The normalized spacial score (nSPS) is 36.5. The molecule has 0 radical (unpaired) electrons. The van der Waals surface area contributed by atoms with Crippen LogP contribution in [0.15, 0.2) is 36.9 Å². The quantitative estimate of drug-likeness (QED) is 0.617. The Balaban J connectivity index is 1.43. The van der Waals surface area contributed by atoms with Gasteiger partial charge >= 0.3 is 5.97 Å². The molecule has 3 aliphatic rings. The van der Waals surface area contributed by atoms with Crippen LogP contribution in [-0.2, 0) is 9.53 Å². The van der Waals surface area contributed by atoms with Crippen molar-refractivity contribution in [3.63, 3.8) is 0 Å². The van der Waals surface area contributed by atoms with E-state index in [1.807, 2.05) is 30.3 Å². The molecule has 5 atom stereocenters. The zero-order valence-corrected chi connectivity index (χ0v) is 12.3. The molecule has 1 aromatic rings. The second-order valence-electron chi connectivity index (χ2n) is 6.94. The number of rotatable bonds is 3. The summed E-state index contributed by atoms with van der Waals surface area (Å²) < 4.78 is 5.83. The average molecular weight is 282 g/mol. The van der Waals surface area contributed by atoms with Crippen LogP contribution >= 0.6 is 0 Å². The fraction of sp³-hybridized carbons (Fsp3) is 0.526. The van der Waals surface area contributed by atoms with Crippen LogP contribution in [0, 0.1) is 23.7 Å². The molecule has 0 heterocycles. The van der Waals surface area contributed by atoms with Crippen molar-refractivity contribution >= 4 is 11.5 Å². The van der Waals surface area contributed by atoms with Gasteiger partial charge in [0.2, 0.25) is 0 Å². The highest BCUT2D eigenvalue weighted by molar-refractivity contribution is 6.15. The van der Waals surface area contributed by atoms with Gasteiger partial charge < -0.3 is 4.74 Å². The predicted octanol–water partition coefficient (Wildman–Crippen LogP) is 4.07. The standard InChI is InChI=1S/C19H22O2/c1-12(13-6-3-2-4-7-13)19(20)21-18-11-14-10-17(18)16-9-5-8-15(14)16/h2-4,6-7,14-18H,1,5,8-11H2. The van der Waals surface area contributed by atoms with E-state index in [0.717, 1.165) is 29.7 Å². The van der Waals surface area contributed by atoms with E-state index in [0.29, 0.717) is 11.5 Å². The highest BCUT2D eigenvalue weighted by atomic mass is 16.5. The van der Waals surface area contributed by atoms with Crippen LogP contribution in [0.4, 0.5) is 0 Å². The van der Waals surface area contributed by atoms with Gasteiger partial charge in [-0.25, -0.2) is 4.79 Å². The number of ether oxygens (including phenoxy) is 1. The minimum atomic E-state index is -0.228. The van der Waals surface area contributed by atoms with Gasteiger partial charge in [-0.15, -0.1) is 0 Å². The van der Waals surface area contributed by atoms with Gasteiger partial charge in [0.15, 0.2) is 0 Å². The number of hydrogen-bond donors (Lipinski definition) is 0. The summed E-state index contributed by atoms with van der Waals surface area (Å²) in [6.45, 7) is 3.92. The molecule has 5 unspecified atom stereocenters. The van der Waals surface area contributed by atoms with Crippen molar-refractivity contribution in [1.29, 1.82) is 0 Å². The monoisotopic (exact) mass is 282 g/mol. The Morgan fingerprint density at radius 1 is 1.05 bits per heavy atom. The van der Waals surface area contributed by atoms with Crippen LogP contribution in [-0.4, -0.2) is 12.1 Å².